The molecule has 2 aromatic heterocycles. The summed E-state index contributed by atoms with van der Waals surface area (Å²) >= 11 is 2.21. The number of nitrogens with zero attached hydrogens (tertiary/aromatic N) is 2. The number of anilines is 2. The van der Waals surface area contributed by atoms with Crippen molar-refractivity contribution in [3.8, 4) is 11.3 Å². The molecule has 4 rings (SSSR count). The van der Waals surface area contributed by atoms with Gasteiger partial charge in [0.25, 0.3) is 5.91 Å². The molecule has 200 valence electrons. The van der Waals surface area contributed by atoms with Crippen LogP contribution in [0.5, 0.6) is 0 Å². The Morgan fingerprint density at radius 2 is 1.67 bits per heavy atom. The van der Waals surface area contributed by atoms with Gasteiger partial charge in [0, 0.05) is 16.9 Å². The lowest BCUT2D eigenvalue weighted by atomic mass is 10.1. The van der Waals surface area contributed by atoms with Crippen LogP contribution in [0.4, 0.5) is 10.7 Å². The monoisotopic (exact) mass is 560 g/mol. The third kappa shape index (κ3) is 7.10. The summed E-state index contributed by atoms with van der Waals surface area (Å²) in [6.45, 7) is 7.48. The molecule has 0 atom stereocenters. The van der Waals surface area contributed by atoms with Crippen LogP contribution in [0.15, 0.2) is 65.8 Å². The number of amides is 2. The molecule has 2 aromatic carbocycles. The first-order chi connectivity index (χ1) is 18.7. The van der Waals surface area contributed by atoms with Crippen LogP contribution in [0.25, 0.3) is 11.3 Å². The molecule has 2 amide bonds. The maximum absolute atomic E-state index is 13.2. The Morgan fingerprint density at radius 3 is 2.36 bits per heavy atom. The van der Waals surface area contributed by atoms with E-state index < -0.39 is 11.9 Å². The number of rotatable bonds is 9. The summed E-state index contributed by atoms with van der Waals surface area (Å²) in [5.41, 5.74) is 4.95. The Kier molecular flexibility index (Phi) is 9.11. The predicted octanol–water partition coefficient (Wildman–Crippen LogP) is 6.29. The fourth-order valence-corrected chi connectivity index (χ4v) is 5.57. The van der Waals surface area contributed by atoms with E-state index in [1.807, 2.05) is 50.2 Å². The van der Waals surface area contributed by atoms with Crippen molar-refractivity contribution in [2.75, 3.05) is 23.0 Å². The van der Waals surface area contributed by atoms with Crippen LogP contribution < -0.4 is 10.6 Å². The molecule has 0 unspecified atom stereocenters. The maximum atomic E-state index is 13.2. The number of nitrogens with one attached hydrogen (secondary N) is 2. The third-order valence-corrected chi connectivity index (χ3v) is 7.67. The van der Waals surface area contributed by atoms with Gasteiger partial charge in [-0.05, 0) is 51.5 Å². The fraction of sp³-hybridized carbons (Fsp3) is 0.207. The minimum Gasteiger partial charge on any atom is -0.462 e. The Hall–Kier alpha value is -4.02. The molecule has 0 spiro atoms. The first-order valence-corrected chi connectivity index (χ1v) is 14.1. The molecule has 0 bridgehead atoms. The van der Waals surface area contributed by atoms with Crippen LogP contribution in [0.1, 0.15) is 43.8 Å². The maximum Gasteiger partial charge on any atom is 0.348 e. The van der Waals surface area contributed by atoms with Gasteiger partial charge in [-0.15, -0.1) is 11.3 Å². The molecule has 10 heteroatoms. The van der Waals surface area contributed by atoms with Crippen molar-refractivity contribution in [2.24, 2.45) is 0 Å². The number of hydrogen-bond donors (Lipinski definition) is 2. The highest BCUT2D eigenvalue weighted by molar-refractivity contribution is 7.99. The highest BCUT2D eigenvalue weighted by Gasteiger charge is 2.26. The lowest BCUT2D eigenvalue weighted by molar-refractivity contribution is -0.113. The van der Waals surface area contributed by atoms with Gasteiger partial charge in [-0.25, -0.2) is 14.8 Å². The molecular weight excluding hydrogens is 532 g/mol. The molecule has 2 N–H and O–H groups in total. The van der Waals surface area contributed by atoms with E-state index in [2.05, 4.69) is 20.6 Å². The van der Waals surface area contributed by atoms with E-state index in [4.69, 9.17) is 4.74 Å². The molecular formula is C29H28N4O4S2. The van der Waals surface area contributed by atoms with Crippen molar-refractivity contribution >= 4 is 51.6 Å². The third-order valence-electron chi connectivity index (χ3n) is 5.63. The zero-order valence-corrected chi connectivity index (χ0v) is 23.7. The largest absolute Gasteiger partial charge is 0.462 e. The summed E-state index contributed by atoms with van der Waals surface area (Å²) in [6, 6.07) is 18.9. The second-order valence-corrected chi connectivity index (χ2v) is 10.6. The van der Waals surface area contributed by atoms with Crippen molar-refractivity contribution in [2.45, 2.75) is 32.9 Å². The molecule has 0 saturated heterocycles. The van der Waals surface area contributed by atoms with Crippen molar-refractivity contribution in [3.05, 3.63) is 87.9 Å². The summed E-state index contributed by atoms with van der Waals surface area (Å²) in [5.74, 6) is -1.31. The molecule has 39 heavy (non-hydrogen) atoms. The van der Waals surface area contributed by atoms with E-state index in [0.29, 0.717) is 16.4 Å². The Balaban J connectivity index is 1.53. The number of esters is 1. The number of thiophene rings is 1. The van der Waals surface area contributed by atoms with Gasteiger partial charge in [0.1, 0.15) is 9.88 Å². The lowest BCUT2D eigenvalue weighted by Crippen LogP contribution is -2.18. The number of aromatic nitrogens is 2. The molecule has 0 fully saturated rings. The average molecular weight is 561 g/mol. The zero-order chi connectivity index (χ0) is 27.9. The second kappa shape index (κ2) is 12.7. The highest BCUT2D eigenvalue weighted by atomic mass is 32.2. The molecule has 4 aromatic rings. The van der Waals surface area contributed by atoms with Gasteiger partial charge < -0.3 is 15.4 Å². The first-order valence-electron chi connectivity index (χ1n) is 12.3. The van der Waals surface area contributed by atoms with Crippen LogP contribution >= 0.6 is 23.1 Å². The number of carbonyl (C=O) groups is 3. The van der Waals surface area contributed by atoms with Gasteiger partial charge in [0.2, 0.25) is 5.91 Å². The normalized spacial score (nSPS) is 10.7. The molecule has 8 nitrogen and oxygen atoms in total. The average Bonchev–Trinajstić information content (AvgIpc) is 3.24. The minimum atomic E-state index is -0.541. The van der Waals surface area contributed by atoms with Gasteiger partial charge >= 0.3 is 5.97 Å². The van der Waals surface area contributed by atoms with E-state index in [0.717, 1.165) is 33.9 Å². The van der Waals surface area contributed by atoms with Gasteiger partial charge in [-0.2, -0.15) is 0 Å². The molecule has 0 aliphatic rings. The quantitative estimate of drug-likeness (QED) is 0.141. The SMILES string of the molecule is CCOC(=O)c1sc(NC(=O)CSc2nc(C)cc(-c3ccc(C)cc3)n2)c(C(=O)Nc2ccccc2)c1C. The summed E-state index contributed by atoms with van der Waals surface area (Å²) in [6.07, 6.45) is 0. The van der Waals surface area contributed by atoms with Crippen LogP contribution in [0.2, 0.25) is 0 Å². The molecule has 0 aliphatic carbocycles. The predicted molar refractivity (Wildman–Crippen MR) is 156 cm³/mol. The van der Waals surface area contributed by atoms with E-state index in [-0.39, 0.29) is 33.7 Å². The molecule has 0 aliphatic heterocycles. The van der Waals surface area contributed by atoms with Crippen LogP contribution in [0.3, 0.4) is 0 Å². The number of para-hydroxylation sites is 1. The van der Waals surface area contributed by atoms with Gasteiger partial charge in [-0.3, -0.25) is 9.59 Å². The van der Waals surface area contributed by atoms with Crippen molar-refractivity contribution in [1.82, 2.24) is 9.97 Å². The van der Waals surface area contributed by atoms with E-state index in [9.17, 15) is 14.4 Å². The molecule has 0 radical (unpaired) electrons. The zero-order valence-electron chi connectivity index (χ0n) is 22.0. The number of aryl methyl sites for hydroxylation is 2. The topological polar surface area (TPSA) is 110 Å². The number of carbonyl (C=O) groups excluding carboxylic acids is 3. The lowest BCUT2D eigenvalue weighted by Gasteiger charge is -2.09. The molecule has 0 saturated carbocycles. The number of benzene rings is 2. The summed E-state index contributed by atoms with van der Waals surface area (Å²) in [7, 11) is 0. The second-order valence-electron chi connectivity index (χ2n) is 8.68. The Bertz CT molecular complexity index is 1500. The van der Waals surface area contributed by atoms with Crippen molar-refractivity contribution < 1.29 is 19.1 Å². The summed E-state index contributed by atoms with van der Waals surface area (Å²) < 4.78 is 5.16. The number of hydrogen-bond acceptors (Lipinski definition) is 8. The van der Waals surface area contributed by atoms with Gasteiger partial charge in [0.05, 0.1) is 23.6 Å². The Morgan fingerprint density at radius 1 is 0.949 bits per heavy atom. The first kappa shape index (κ1) is 28.0. The van der Waals surface area contributed by atoms with Crippen molar-refractivity contribution in [3.63, 3.8) is 0 Å². The van der Waals surface area contributed by atoms with Crippen LogP contribution in [0, 0.1) is 20.8 Å². The summed E-state index contributed by atoms with van der Waals surface area (Å²) in [5, 5.41) is 6.38. The summed E-state index contributed by atoms with van der Waals surface area (Å²) in [4.78, 5) is 48.1. The van der Waals surface area contributed by atoms with Crippen LogP contribution in [-0.2, 0) is 9.53 Å². The van der Waals surface area contributed by atoms with Gasteiger partial charge in [-0.1, -0.05) is 59.8 Å². The number of ether oxygens (including phenoxy) is 1. The van der Waals surface area contributed by atoms with Crippen LogP contribution in [-0.4, -0.2) is 40.1 Å². The smallest absolute Gasteiger partial charge is 0.348 e. The highest BCUT2D eigenvalue weighted by Crippen LogP contribution is 2.34. The van der Waals surface area contributed by atoms with E-state index >= 15 is 0 Å². The number of thioether (sulfide) groups is 1. The minimum absolute atomic E-state index is 0.0161. The molecule has 2 heterocycles. The van der Waals surface area contributed by atoms with E-state index in [1.165, 1.54) is 11.8 Å². The van der Waals surface area contributed by atoms with E-state index in [1.54, 1.807) is 38.1 Å². The fourth-order valence-electron chi connectivity index (χ4n) is 3.75. The standard InChI is InChI=1S/C29H28N4O4S2/c1-5-37-28(36)25-19(4)24(26(35)31-21-9-7-6-8-10-21)27(39-25)33-23(34)16-38-29-30-18(3)15-22(32-29)20-13-11-17(2)12-14-20/h6-15H,5,16H2,1-4H3,(H,31,35)(H,33,34). The Labute approximate surface area is 235 Å². The van der Waals surface area contributed by atoms with Crippen molar-refractivity contribution in [1.29, 1.82) is 0 Å². The van der Waals surface area contributed by atoms with Gasteiger partial charge in [0.15, 0.2) is 5.16 Å².